The average Bonchev–Trinajstić information content (AvgIpc) is 3.44. The molecule has 0 radical (unpaired) electrons. The molecule has 1 atom stereocenters. The summed E-state index contributed by atoms with van der Waals surface area (Å²) in [4.78, 5) is 38.8. The zero-order valence-corrected chi connectivity index (χ0v) is 19.3. The van der Waals surface area contributed by atoms with Gasteiger partial charge in [0.2, 0.25) is 5.91 Å². The third kappa shape index (κ3) is 4.14. The fourth-order valence-electron chi connectivity index (χ4n) is 4.95. The molecule has 1 aliphatic heterocycles. The maximum absolute atomic E-state index is 13.1. The summed E-state index contributed by atoms with van der Waals surface area (Å²) in [5, 5.41) is 16.2. The normalized spacial score (nSPS) is 15.1. The molecule has 0 saturated heterocycles. The molecule has 2 amide bonds. The van der Waals surface area contributed by atoms with Crippen molar-refractivity contribution >= 4 is 18.0 Å². The van der Waals surface area contributed by atoms with Crippen molar-refractivity contribution in [2.24, 2.45) is 0 Å². The molecular weight excluding hydrogens is 448 g/mol. The van der Waals surface area contributed by atoms with Crippen LogP contribution in [0.3, 0.4) is 0 Å². The van der Waals surface area contributed by atoms with Gasteiger partial charge in [0.1, 0.15) is 18.2 Å². The second-order valence-electron chi connectivity index (χ2n) is 8.72. The molecule has 35 heavy (non-hydrogen) atoms. The van der Waals surface area contributed by atoms with Gasteiger partial charge in [0, 0.05) is 12.5 Å². The number of amides is 2. The van der Waals surface area contributed by atoms with E-state index in [4.69, 9.17) is 4.74 Å². The predicted octanol–water partition coefficient (Wildman–Crippen LogP) is 3.24. The summed E-state index contributed by atoms with van der Waals surface area (Å²) < 4.78 is 7.20. The van der Waals surface area contributed by atoms with Crippen LogP contribution in [0.1, 0.15) is 46.4 Å². The molecule has 0 unspecified atom stereocenters. The van der Waals surface area contributed by atoms with E-state index in [1.807, 2.05) is 43.3 Å². The number of benzene rings is 2. The molecule has 1 aromatic heterocycles. The lowest BCUT2D eigenvalue weighted by atomic mass is 9.98. The number of hydrogen-bond acceptors (Lipinski definition) is 5. The summed E-state index contributed by atoms with van der Waals surface area (Å²) in [6.45, 7) is 2.88. The minimum Gasteiger partial charge on any atom is -0.478 e. The van der Waals surface area contributed by atoms with Crippen molar-refractivity contribution in [2.45, 2.75) is 38.4 Å². The van der Waals surface area contributed by atoms with E-state index in [0.29, 0.717) is 25.2 Å². The van der Waals surface area contributed by atoms with Crippen LogP contribution in [0, 0.1) is 0 Å². The summed E-state index contributed by atoms with van der Waals surface area (Å²) in [6.07, 6.45) is 1.03. The minimum absolute atomic E-state index is 0.0688. The molecule has 0 spiro atoms. The van der Waals surface area contributed by atoms with Crippen molar-refractivity contribution < 1.29 is 24.2 Å². The Morgan fingerprint density at radius 2 is 1.74 bits per heavy atom. The second kappa shape index (κ2) is 9.25. The first-order valence-corrected chi connectivity index (χ1v) is 11.7. The van der Waals surface area contributed by atoms with Gasteiger partial charge in [-0.3, -0.25) is 9.48 Å². The molecule has 2 aliphatic rings. The zero-order chi connectivity index (χ0) is 24.5. The first-order valence-electron chi connectivity index (χ1n) is 11.7. The van der Waals surface area contributed by atoms with Crippen molar-refractivity contribution in [2.75, 3.05) is 13.2 Å². The fourth-order valence-corrected chi connectivity index (χ4v) is 4.95. The lowest BCUT2D eigenvalue weighted by Gasteiger charge is -2.31. The van der Waals surface area contributed by atoms with Crippen LogP contribution in [0.2, 0.25) is 0 Å². The summed E-state index contributed by atoms with van der Waals surface area (Å²) in [5.74, 6) is -1.42. The number of carboxylic acid groups (broad SMARTS) is 1. The van der Waals surface area contributed by atoms with Crippen LogP contribution in [0.4, 0.5) is 4.79 Å². The van der Waals surface area contributed by atoms with E-state index in [1.165, 1.54) is 6.20 Å². The molecule has 9 heteroatoms. The maximum atomic E-state index is 13.1. The molecule has 2 N–H and O–H groups in total. The molecule has 5 rings (SSSR count). The van der Waals surface area contributed by atoms with Crippen LogP contribution in [0.25, 0.3) is 11.1 Å². The largest absolute Gasteiger partial charge is 0.478 e. The summed E-state index contributed by atoms with van der Waals surface area (Å²) in [6, 6.07) is 15.4. The first-order chi connectivity index (χ1) is 17.0. The summed E-state index contributed by atoms with van der Waals surface area (Å²) >= 11 is 0. The number of carboxylic acids is 1. The van der Waals surface area contributed by atoms with Gasteiger partial charge in [-0.15, -0.1) is 0 Å². The SMILES string of the molecule is CC[C@H](NC(=O)OCC1c2ccccc2-c2ccccc21)C(=O)N1CCn2ncc(C(=O)O)c2C1. The van der Waals surface area contributed by atoms with Gasteiger partial charge in [-0.1, -0.05) is 55.5 Å². The van der Waals surface area contributed by atoms with Gasteiger partial charge in [0.25, 0.3) is 0 Å². The molecule has 2 aromatic carbocycles. The van der Waals surface area contributed by atoms with E-state index in [9.17, 15) is 19.5 Å². The summed E-state index contributed by atoms with van der Waals surface area (Å²) in [7, 11) is 0. The topological polar surface area (TPSA) is 114 Å². The number of fused-ring (bicyclic) bond motifs is 4. The van der Waals surface area contributed by atoms with Crippen LogP contribution >= 0.6 is 0 Å². The standard InChI is InChI=1S/C26H26N4O5/c1-2-22(24(31)29-11-12-30-23(14-29)20(13-27-30)25(32)33)28-26(34)35-15-21-18-9-5-3-7-16(18)17-8-4-6-10-19(17)21/h3-10,13,21-22H,2,11-12,14-15H2,1H3,(H,28,34)(H,32,33)/t22-/m0/s1. The van der Waals surface area contributed by atoms with Gasteiger partial charge in [0.05, 0.1) is 25.0 Å². The number of nitrogens with zero attached hydrogens (tertiary/aromatic N) is 3. The average molecular weight is 475 g/mol. The molecular formula is C26H26N4O5. The number of aromatic nitrogens is 2. The minimum atomic E-state index is -1.08. The van der Waals surface area contributed by atoms with Gasteiger partial charge in [-0.05, 0) is 28.7 Å². The van der Waals surface area contributed by atoms with E-state index < -0.39 is 18.1 Å². The predicted molar refractivity (Wildman–Crippen MR) is 127 cm³/mol. The van der Waals surface area contributed by atoms with E-state index >= 15 is 0 Å². The molecule has 0 fully saturated rings. The smallest absolute Gasteiger partial charge is 0.407 e. The third-order valence-electron chi connectivity index (χ3n) is 6.76. The Bertz CT molecular complexity index is 1250. The molecule has 0 bridgehead atoms. The van der Waals surface area contributed by atoms with Crippen LogP contribution in [-0.2, 0) is 22.6 Å². The Morgan fingerprint density at radius 3 is 2.37 bits per heavy atom. The molecule has 2 heterocycles. The Balaban J connectivity index is 1.23. The van der Waals surface area contributed by atoms with Crippen molar-refractivity contribution in [1.82, 2.24) is 20.0 Å². The van der Waals surface area contributed by atoms with Gasteiger partial charge in [-0.2, -0.15) is 5.10 Å². The van der Waals surface area contributed by atoms with Gasteiger partial charge >= 0.3 is 12.1 Å². The van der Waals surface area contributed by atoms with Gasteiger partial charge < -0.3 is 20.1 Å². The number of ether oxygens (including phenoxy) is 1. The number of alkyl carbamates (subject to hydrolysis) is 1. The van der Waals surface area contributed by atoms with E-state index in [0.717, 1.165) is 22.3 Å². The number of nitrogens with one attached hydrogen (secondary N) is 1. The highest BCUT2D eigenvalue weighted by atomic mass is 16.5. The molecule has 3 aromatic rings. The van der Waals surface area contributed by atoms with Gasteiger partial charge in [0.15, 0.2) is 0 Å². The lowest BCUT2D eigenvalue weighted by molar-refractivity contribution is -0.135. The highest BCUT2D eigenvalue weighted by Crippen LogP contribution is 2.44. The number of rotatable bonds is 6. The van der Waals surface area contributed by atoms with E-state index in [2.05, 4.69) is 22.5 Å². The second-order valence-corrected chi connectivity index (χ2v) is 8.72. The van der Waals surface area contributed by atoms with Crippen LogP contribution in [-0.4, -0.2) is 57.0 Å². The van der Waals surface area contributed by atoms with Crippen LogP contribution in [0.15, 0.2) is 54.7 Å². The van der Waals surface area contributed by atoms with Crippen molar-refractivity contribution in [1.29, 1.82) is 0 Å². The maximum Gasteiger partial charge on any atom is 0.407 e. The molecule has 9 nitrogen and oxygen atoms in total. The summed E-state index contributed by atoms with van der Waals surface area (Å²) in [5.41, 5.74) is 5.08. The fraction of sp³-hybridized carbons (Fsp3) is 0.308. The monoisotopic (exact) mass is 474 g/mol. The lowest BCUT2D eigenvalue weighted by Crippen LogP contribution is -2.50. The Kier molecular flexibility index (Phi) is 5.98. The van der Waals surface area contributed by atoms with Crippen LogP contribution in [0.5, 0.6) is 0 Å². The quantitative estimate of drug-likeness (QED) is 0.567. The number of carbonyl (C=O) groups excluding carboxylic acids is 2. The molecule has 1 aliphatic carbocycles. The van der Waals surface area contributed by atoms with E-state index in [-0.39, 0.29) is 30.5 Å². The molecule has 180 valence electrons. The Morgan fingerprint density at radius 1 is 1.09 bits per heavy atom. The first kappa shape index (κ1) is 22.6. The number of carbonyl (C=O) groups is 3. The number of hydrogen-bond donors (Lipinski definition) is 2. The third-order valence-corrected chi connectivity index (χ3v) is 6.76. The number of aromatic carboxylic acids is 1. The Labute approximate surface area is 202 Å². The Hall–Kier alpha value is -4.14. The van der Waals surface area contributed by atoms with Crippen molar-refractivity contribution in [3.8, 4) is 11.1 Å². The highest BCUT2D eigenvalue weighted by molar-refractivity contribution is 5.89. The van der Waals surface area contributed by atoms with Crippen molar-refractivity contribution in [3.05, 3.63) is 77.1 Å². The highest BCUT2D eigenvalue weighted by Gasteiger charge is 2.32. The zero-order valence-electron chi connectivity index (χ0n) is 19.3. The van der Waals surface area contributed by atoms with Gasteiger partial charge in [-0.25, -0.2) is 9.59 Å². The molecule has 0 saturated carbocycles. The van der Waals surface area contributed by atoms with Crippen molar-refractivity contribution in [3.63, 3.8) is 0 Å². The van der Waals surface area contributed by atoms with E-state index in [1.54, 1.807) is 9.58 Å². The van der Waals surface area contributed by atoms with Crippen LogP contribution < -0.4 is 5.32 Å².